The summed E-state index contributed by atoms with van der Waals surface area (Å²) in [6, 6.07) is 7.53. The van der Waals surface area contributed by atoms with Crippen molar-refractivity contribution in [1.29, 1.82) is 0 Å². The Hall–Kier alpha value is -2.08. The molecule has 122 valence electrons. The lowest BCUT2D eigenvalue weighted by Crippen LogP contribution is -2.27. The molecule has 0 aliphatic carbocycles. The van der Waals surface area contributed by atoms with Gasteiger partial charge in [0.1, 0.15) is 5.69 Å². The predicted octanol–water partition coefficient (Wildman–Crippen LogP) is 3.67. The van der Waals surface area contributed by atoms with Crippen molar-refractivity contribution in [2.45, 2.75) is 26.8 Å². The summed E-state index contributed by atoms with van der Waals surface area (Å²) in [5.74, 6) is -0.710. The molecular formula is C17H19BrN2O3. The Kier molecular flexibility index (Phi) is 5.26. The number of aryl methyl sites for hydroxylation is 1. The van der Waals surface area contributed by atoms with Crippen LogP contribution in [-0.2, 0) is 4.74 Å². The van der Waals surface area contributed by atoms with E-state index in [0.717, 1.165) is 10.0 Å². The second kappa shape index (κ2) is 7.00. The van der Waals surface area contributed by atoms with Crippen LogP contribution in [0.1, 0.15) is 50.6 Å². The molecule has 0 spiro atoms. The molecule has 0 bridgehead atoms. The molecule has 2 aromatic rings. The fourth-order valence-electron chi connectivity index (χ4n) is 2.56. The molecule has 0 aliphatic rings. The van der Waals surface area contributed by atoms with Gasteiger partial charge in [0.15, 0.2) is 0 Å². The number of hydrogen-bond donors (Lipinski definition) is 2. The summed E-state index contributed by atoms with van der Waals surface area (Å²) >= 11 is 3.48. The van der Waals surface area contributed by atoms with Gasteiger partial charge in [-0.3, -0.25) is 4.79 Å². The van der Waals surface area contributed by atoms with E-state index >= 15 is 0 Å². The number of nitrogens with one attached hydrogen (secondary N) is 2. The number of benzene rings is 1. The molecule has 23 heavy (non-hydrogen) atoms. The molecule has 2 N–H and O–H groups in total. The van der Waals surface area contributed by atoms with Crippen molar-refractivity contribution >= 4 is 27.8 Å². The minimum Gasteiger partial charge on any atom is -0.465 e. The molecule has 1 amide bonds. The maximum absolute atomic E-state index is 12.5. The van der Waals surface area contributed by atoms with Gasteiger partial charge in [-0.2, -0.15) is 0 Å². The van der Waals surface area contributed by atoms with Crippen LogP contribution in [0.25, 0.3) is 0 Å². The average Bonchev–Trinajstić information content (AvgIpc) is 2.81. The first-order valence-electron chi connectivity index (χ1n) is 7.19. The molecule has 1 heterocycles. The molecule has 1 aromatic carbocycles. The smallest absolute Gasteiger partial charge is 0.339 e. The van der Waals surface area contributed by atoms with Crippen LogP contribution in [-0.4, -0.2) is 24.0 Å². The van der Waals surface area contributed by atoms with E-state index in [0.29, 0.717) is 22.5 Å². The fraction of sp³-hybridized carbons (Fsp3) is 0.294. The third-order valence-electron chi connectivity index (χ3n) is 3.77. The van der Waals surface area contributed by atoms with Gasteiger partial charge >= 0.3 is 5.97 Å². The minimum atomic E-state index is -0.450. The molecule has 1 atom stereocenters. The van der Waals surface area contributed by atoms with Crippen molar-refractivity contribution in [3.63, 3.8) is 0 Å². The average molecular weight is 379 g/mol. The third-order valence-corrected chi connectivity index (χ3v) is 4.50. The standard InChI is InChI=1S/C17H19BrN2O3/c1-9-14(17(22)23-4)11(3)19-15(9)16(21)20-10(2)12-7-5-6-8-13(12)18/h5-8,10,19H,1-4H3,(H,20,21). The molecule has 6 heteroatoms. The number of methoxy groups -OCH3 is 1. The summed E-state index contributed by atoms with van der Waals surface area (Å²) in [6.07, 6.45) is 0. The molecular weight excluding hydrogens is 360 g/mol. The molecule has 0 radical (unpaired) electrons. The molecule has 2 rings (SSSR count). The van der Waals surface area contributed by atoms with Crippen LogP contribution >= 0.6 is 15.9 Å². The highest BCUT2D eigenvalue weighted by molar-refractivity contribution is 9.10. The number of H-pyrrole nitrogens is 1. The Morgan fingerprint density at radius 1 is 1.26 bits per heavy atom. The van der Waals surface area contributed by atoms with Crippen LogP contribution < -0.4 is 5.32 Å². The number of hydrogen-bond acceptors (Lipinski definition) is 3. The van der Waals surface area contributed by atoms with E-state index in [2.05, 4.69) is 26.2 Å². The highest BCUT2D eigenvalue weighted by Crippen LogP contribution is 2.24. The summed E-state index contributed by atoms with van der Waals surface area (Å²) < 4.78 is 5.69. The van der Waals surface area contributed by atoms with Crippen molar-refractivity contribution in [1.82, 2.24) is 10.3 Å². The molecule has 5 nitrogen and oxygen atoms in total. The first-order valence-corrected chi connectivity index (χ1v) is 7.98. The highest BCUT2D eigenvalue weighted by atomic mass is 79.9. The number of esters is 1. The summed E-state index contributed by atoms with van der Waals surface area (Å²) in [5.41, 5.74) is 2.97. The van der Waals surface area contributed by atoms with E-state index in [4.69, 9.17) is 4.74 Å². The monoisotopic (exact) mass is 378 g/mol. The van der Waals surface area contributed by atoms with Crippen LogP contribution in [0.4, 0.5) is 0 Å². The maximum atomic E-state index is 12.5. The number of amides is 1. The molecule has 0 saturated heterocycles. The number of aromatic nitrogens is 1. The van der Waals surface area contributed by atoms with Crippen molar-refractivity contribution < 1.29 is 14.3 Å². The second-order valence-electron chi connectivity index (χ2n) is 5.33. The number of carbonyl (C=O) groups excluding carboxylic acids is 2. The van der Waals surface area contributed by atoms with Gasteiger partial charge in [0.25, 0.3) is 5.91 Å². The largest absolute Gasteiger partial charge is 0.465 e. The zero-order chi connectivity index (χ0) is 17.1. The Bertz CT molecular complexity index is 752. The maximum Gasteiger partial charge on any atom is 0.339 e. The lowest BCUT2D eigenvalue weighted by atomic mass is 10.1. The number of aromatic amines is 1. The van der Waals surface area contributed by atoms with Crippen LogP contribution in [0.3, 0.4) is 0 Å². The third kappa shape index (κ3) is 3.47. The van der Waals surface area contributed by atoms with Gasteiger partial charge in [-0.25, -0.2) is 4.79 Å². The Labute approximate surface area is 143 Å². The van der Waals surface area contributed by atoms with E-state index in [9.17, 15) is 9.59 Å². The van der Waals surface area contributed by atoms with Gasteiger partial charge in [-0.1, -0.05) is 34.1 Å². The quantitative estimate of drug-likeness (QED) is 0.797. The fourth-order valence-corrected chi connectivity index (χ4v) is 3.19. The van der Waals surface area contributed by atoms with Gasteiger partial charge in [-0.15, -0.1) is 0 Å². The van der Waals surface area contributed by atoms with Crippen molar-refractivity contribution in [2.24, 2.45) is 0 Å². The van der Waals surface area contributed by atoms with Crippen molar-refractivity contribution in [2.75, 3.05) is 7.11 Å². The molecule has 0 fully saturated rings. The van der Waals surface area contributed by atoms with Crippen LogP contribution in [0.2, 0.25) is 0 Å². The van der Waals surface area contributed by atoms with Crippen LogP contribution in [0, 0.1) is 13.8 Å². The van der Waals surface area contributed by atoms with Gasteiger partial charge in [0.05, 0.1) is 18.7 Å². The minimum absolute atomic E-state index is 0.178. The summed E-state index contributed by atoms with van der Waals surface area (Å²) in [5, 5.41) is 2.94. The lowest BCUT2D eigenvalue weighted by molar-refractivity contribution is 0.0599. The van der Waals surface area contributed by atoms with E-state index in [1.165, 1.54) is 7.11 Å². The van der Waals surface area contributed by atoms with E-state index < -0.39 is 5.97 Å². The molecule has 0 aliphatic heterocycles. The lowest BCUT2D eigenvalue weighted by Gasteiger charge is -2.15. The van der Waals surface area contributed by atoms with Crippen molar-refractivity contribution in [3.8, 4) is 0 Å². The first kappa shape index (κ1) is 17.3. The van der Waals surface area contributed by atoms with Crippen LogP contribution in [0.15, 0.2) is 28.7 Å². The van der Waals surface area contributed by atoms with E-state index in [1.807, 2.05) is 31.2 Å². The Morgan fingerprint density at radius 3 is 2.52 bits per heavy atom. The first-order chi connectivity index (χ1) is 10.9. The summed E-state index contributed by atoms with van der Waals surface area (Å²) in [7, 11) is 1.32. The summed E-state index contributed by atoms with van der Waals surface area (Å²) in [6.45, 7) is 5.38. The van der Waals surface area contributed by atoms with E-state index in [-0.39, 0.29) is 11.9 Å². The van der Waals surface area contributed by atoms with Gasteiger partial charge < -0.3 is 15.0 Å². The SMILES string of the molecule is COC(=O)c1c(C)[nH]c(C(=O)NC(C)c2ccccc2Br)c1C. The number of rotatable bonds is 4. The van der Waals surface area contributed by atoms with Gasteiger partial charge in [0.2, 0.25) is 0 Å². The second-order valence-corrected chi connectivity index (χ2v) is 6.19. The predicted molar refractivity (Wildman–Crippen MR) is 91.6 cm³/mol. The van der Waals surface area contributed by atoms with Crippen LogP contribution in [0.5, 0.6) is 0 Å². The normalized spacial score (nSPS) is 11.9. The summed E-state index contributed by atoms with van der Waals surface area (Å²) in [4.78, 5) is 27.3. The van der Waals surface area contributed by atoms with Gasteiger partial charge in [0, 0.05) is 10.2 Å². The van der Waals surface area contributed by atoms with Crippen molar-refractivity contribution in [3.05, 3.63) is 56.8 Å². The van der Waals surface area contributed by atoms with E-state index in [1.54, 1.807) is 13.8 Å². The zero-order valence-electron chi connectivity index (χ0n) is 13.5. The van der Waals surface area contributed by atoms with Gasteiger partial charge in [-0.05, 0) is 38.0 Å². The topological polar surface area (TPSA) is 71.2 Å². The number of carbonyl (C=O) groups is 2. The molecule has 0 saturated carbocycles. The number of halogens is 1. The number of ether oxygens (including phenoxy) is 1. The zero-order valence-corrected chi connectivity index (χ0v) is 15.1. The molecule has 1 unspecified atom stereocenters. The highest BCUT2D eigenvalue weighted by Gasteiger charge is 2.23. The Morgan fingerprint density at radius 2 is 1.91 bits per heavy atom. The Balaban J connectivity index is 2.25. The molecule has 1 aromatic heterocycles.